The van der Waals surface area contributed by atoms with Crippen LogP contribution in [0.5, 0.6) is 0 Å². The van der Waals surface area contributed by atoms with Crippen LogP contribution in [0.25, 0.3) is 0 Å². The molecule has 0 bridgehead atoms. The van der Waals surface area contributed by atoms with Gasteiger partial charge in [-0.15, -0.1) is 13.2 Å². The van der Waals surface area contributed by atoms with Crippen LogP contribution in [0.4, 0.5) is 0 Å². The molecule has 5 N–H and O–H groups in total. The number of hydrogen-bond acceptors (Lipinski definition) is 5. The molecule has 0 saturated carbocycles. The van der Waals surface area contributed by atoms with E-state index in [0.29, 0.717) is 6.42 Å². The molecule has 0 aliphatic heterocycles. The molecule has 19 heavy (non-hydrogen) atoms. The highest BCUT2D eigenvalue weighted by Crippen LogP contribution is 2.18. The van der Waals surface area contributed by atoms with Crippen molar-refractivity contribution in [1.29, 1.82) is 0 Å². The Morgan fingerprint density at radius 1 is 0.789 bits per heavy atom. The maximum Gasteiger partial charge on any atom is 0.0662 e. The van der Waals surface area contributed by atoms with Gasteiger partial charge in [0.15, 0.2) is 0 Å². The van der Waals surface area contributed by atoms with Gasteiger partial charge < -0.3 is 25.5 Å². The van der Waals surface area contributed by atoms with Gasteiger partial charge in [0.25, 0.3) is 0 Å². The summed E-state index contributed by atoms with van der Waals surface area (Å²) < 4.78 is 0. The Bertz CT molecular complexity index is 130. The smallest absolute Gasteiger partial charge is 0.0662 e. The average molecular weight is 280 g/mol. The summed E-state index contributed by atoms with van der Waals surface area (Å²) in [5.74, 6) is 0. The number of rotatable bonds is 5. The van der Waals surface area contributed by atoms with Gasteiger partial charge in [0, 0.05) is 5.41 Å². The molecule has 0 aromatic carbocycles. The third-order valence-electron chi connectivity index (χ3n) is 1.86. The predicted octanol–water partition coefficient (Wildman–Crippen LogP) is 0.715. The number of hydrogen-bond donors (Lipinski definition) is 5. The summed E-state index contributed by atoms with van der Waals surface area (Å²) in [7, 11) is 0. The van der Waals surface area contributed by atoms with E-state index < -0.39 is 5.41 Å². The van der Waals surface area contributed by atoms with Gasteiger partial charge in [0.05, 0.1) is 33.0 Å². The minimum absolute atomic E-state index is 0.125. The Labute approximate surface area is 117 Å². The molecule has 0 aromatic rings. The van der Waals surface area contributed by atoms with Crippen molar-refractivity contribution in [2.24, 2.45) is 5.41 Å². The Morgan fingerprint density at radius 3 is 1.00 bits per heavy atom. The fraction of sp³-hybridized carbons (Fsp3) is 0.714. The van der Waals surface area contributed by atoms with Crippen molar-refractivity contribution >= 4 is 0 Å². The van der Waals surface area contributed by atoms with Crippen molar-refractivity contribution in [3.05, 3.63) is 25.3 Å². The van der Waals surface area contributed by atoms with Crippen molar-refractivity contribution in [1.82, 2.24) is 0 Å². The number of aliphatic hydroxyl groups excluding tert-OH is 5. The van der Waals surface area contributed by atoms with Crippen molar-refractivity contribution < 1.29 is 25.5 Å². The fourth-order valence-corrected chi connectivity index (χ4v) is 0.485. The lowest BCUT2D eigenvalue weighted by Gasteiger charge is -2.24. The van der Waals surface area contributed by atoms with Crippen molar-refractivity contribution in [3.63, 3.8) is 0 Å². The summed E-state index contributed by atoms with van der Waals surface area (Å²) in [5.41, 5.74) is -0.667. The average Bonchev–Trinajstić information content (AvgIpc) is 2.44. The summed E-state index contributed by atoms with van der Waals surface area (Å²) in [6.45, 7) is 11.6. The van der Waals surface area contributed by atoms with E-state index in [2.05, 4.69) is 13.2 Å². The first-order valence-corrected chi connectivity index (χ1v) is 6.17. The van der Waals surface area contributed by atoms with Gasteiger partial charge in [-0.2, -0.15) is 0 Å². The Hall–Kier alpha value is -0.720. The van der Waals surface area contributed by atoms with Gasteiger partial charge in [0.1, 0.15) is 0 Å². The van der Waals surface area contributed by atoms with E-state index in [4.69, 9.17) is 25.5 Å². The summed E-state index contributed by atoms with van der Waals surface area (Å²) >= 11 is 0. The van der Waals surface area contributed by atoms with Gasteiger partial charge in [-0.05, 0) is 20.3 Å². The zero-order valence-electron chi connectivity index (χ0n) is 12.5. The molecular weight excluding hydrogens is 248 g/mol. The third-order valence-corrected chi connectivity index (χ3v) is 1.86. The van der Waals surface area contributed by atoms with Crippen molar-refractivity contribution in [2.75, 3.05) is 33.0 Å². The van der Waals surface area contributed by atoms with E-state index in [0.717, 1.165) is 0 Å². The first-order chi connectivity index (χ1) is 8.99. The van der Waals surface area contributed by atoms with Gasteiger partial charge in [-0.1, -0.05) is 19.1 Å². The molecule has 0 radical (unpaired) electrons. The van der Waals surface area contributed by atoms with Crippen LogP contribution in [0, 0.1) is 5.41 Å². The van der Waals surface area contributed by atoms with Crippen LogP contribution in [-0.2, 0) is 0 Å². The van der Waals surface area contributed by atoms with Crippen LogP contribution in [0.15, 0.2) is 25.3 Å². The summed E-state index contributed by atoms with van der Waals surface area (Å²) in [6.07, 6.45) is 4.09. The molecule has 0 atom stereocenters. The molecule has 0 aliphatic rings. The number of allylic oxidation sites excluding steroid dienone is 2. The lowest BCUT2D eigenvalue weighted by molar-refractivity contribution is 0.00304. The Balaban J connectivity index is -0.0000000937. The molecule has 5 heteroatoms. The molecule has 0 heterocycles. The first-order valence-electron chi connectivity index (χ1n) is 6.17. The second-order valence-corrected chi connectivity index (χ2v) is 3.59. The second-order valence-electron chi connectivity index (χ2n) is 3.59. The maximum absolute atomic E-state index is 8.66. The largest absolute Gasteiger partial charge is 0.396 e. The third kappa shape index (κ3) is 26.8. The molecule has 0 amide bonds. The van der Waals surface area contributed by atoms with Crippen LogP contribution in [0.3, 0.4) is 0 Å². The van der Waals surface area contributed by atoms with Crippen LogP contribution >= 0.6 is 0 Å². The van der Waals surface area contributed by atoms with Gasteiger partial charge in [-0.25, -0.2) is 0 Å². The highest BCUT2D eigenvalue weighted by Gasteiger charge is 2.24. The van der Waals surface area contributed by atoms with E-state index >= 15 is 0 Å². The van der Waals surface area contributed by atoms with E-state index in [1.165, 1.54) is 0 Å². The second kappa shape index (κ2) is 26.0. The molecule has 5 nitrogen and oxygen atoms in total. The molecule has 0 aliphatic carbocycles. The molecule has 0 spiro atoms. The van der Waals surface area contributed by atoms with Crippen LogP contribution in [-0.4, -0.2) is 58.6 Å². The maximum atomic E-state index is 8.66. The highest BCUT2D eigenvalue weighted by atomic mass is 16.3. The molecule has 118 valence electrons. The van der Waals surface area contributed by atoms with E-state index in [1.54, 1.807) is 12.2 Å². The van der Waals surface area contributed by atoms with Gasteiger partial charge in [-0.3, -0.25) is 0 Å². The van der Waals surface area contributed by atoms with E-state index in [9.17, 15) is 0 Å². The van der Waals surface area contributed by atoms with Crippen molar-refractivity contribution in [2.45, 2.75) is 27.2 Å². The first kappa shape index (κ1) is 26.8. The minimum Gasteiger partial charge on any atom is -0.396 e. The molecule has 0 rings (SSSR count). The predicted molar refractivity (Wildman–Crippen MR) is 79.9 cm³/mol. The fourth-order valence-electron chi connectivity index (χ4n) is 0.485. The van der Waals surface area contributed by atoms with Crippen molar-refractivity contribution in [3.8, 4) is 0 Å². The zero-order valence-corrected chi connectivity index (χ0v) is 12.5. The molecule has 0 saturated heterocycles. The molecule has 0 aromatic heterocycles. The SMILES string of the molecule is C=CC.C=CC.CCC(CO)(CO)CO.OCCO. The summed E-state index contributed by atoms with van der Waals surface area (Å²) in [5, 5.41) is 41.2. The molecule has 0 fully saturated rings. The monoisotopic (exact) mass is 280 g/mol. The minimum atomic E-state index is -0.667. The lowest BCUT2D eigenvalue weighted by Crippen LogP contribution is -2.32. The Morgan fingerprint density at radius 2 is 1.00 bits per heavy atom. The van der Waals surface area contributed by atoms with E-state index in [1.807, 2.05) is 20.8 Å². The topological polar surface area (TPSA) is 101 Å². The van der Waals surface area contributed by atoms with Gasteiger partial charge >= 0.3 is 0 Å². The lowest BCUT2D eigenvalue weighted by atomic mass is 9.88. The Kier molecular flexibility index (Phi) is 36.6. The normalized spacial score (nSPS) is 8.63. The van der Waals surface area contributed by atoms with Crippen LogP contribution in [0.1, 0.15) is 27.2 Å². The van der Waals surface area contributed by atoms with E-state index in [-0.39, 0.29) is 33.0 Å². The molecular formula is C14H32O5. The standard InChI is InChI=1S/C6H14O3.2C3H6.C2H6O2/c1-2-6(3-7,4-8)5-9;2*1-3-2;3-1-2-4/h7-9H,2-5H2,1H3;2*3H,1H2,2H3;3-4H,1-2H2. The van der Waals surface area contributed by atoms with Gasteiger partial charge in [0.2, 0.25) is 0 Å². The quantitative estimate of drug-likeness (QED) is 0.478. The highest BCUT2D eigenvalue weighted by molar-refractivity contribution is 4.74. The van der Waals surface area contributed by atoms with Crippen LogP contribution < -0.4 is 0 Å². The number of aliphatic hydroxyl groups is 5. The summed E-state index contributed by atoms with van der Waals surface area (Å²) in [6, 6.07) is 0. The van der Waals surface area contributed by atoms with Crippen LogP contribution in [0.2, 0.25) is 0 Å². The summed E-state index contributed by atoms with van der Waals surface area (Å²) in [4.78, 5) is 0. The molecule has 0 unspecified atom stereocenters. The zero-order chi connectivity index (χ0) is 16.2.